The molecule has 7 heteroatoms. The minimum absolute atomic E-state index is 0.000937. The van der Waals surface area contributed by atoms with Gasteiger partial charge in [-0.1, -0.05) is 24.3 Å². The molecule has 2 aliphatic heterocycles. The highest BCUT2D eigenvalue weighted by Crippen LogP contribution is 2.33. The Bertz CT molecular complexity index is 1220. The average molecular weight is 387 g/mol. The lowest BCUT2D eigenvalue weighted by molar-refractivity contribution is -0.134. The number of rotatable bonds is 3. The molecular weight excluding hydrogens is 370 g/mol. The molecule has 2 aliphatic rings. The van der Waals surface area contributed by atoms with Crippen LogP contribution >= 0.6 is 0 Å². The number of aliphatic carboxylic acids is 1. The van der Waals surface area contributed by atoms with Crippen molar-refractivity contribution >= 4 is 28.9 Å². The topological polar surface area (TPSA) is 95.5 Å². The summed E-state index contributed by atoms with van der Waals surface area (Å²) >= 11 is 0. The highest BCUT2D eigenvalue weighted by atomic mass is 16.5. The van der Waals surface area contributed by atoms with Crippen molar-refractivity contribution in [3.8, 4) is 0 Å². The van der Waals surface area contributed by atoms with Crippen LogP contribution in [0.25, 0.3) is 17.1 Å². The molecule has 4 heterocycles. The quantitative estimate of drug-likeness (QED) is 0.530. The Morgan fingerprint density at radius 3 is 2.86 bits per heavy atom. The molecule has 0 aliphatic carbocycles. The van der Waals surface area contributed by atoms with Gasteiger partial charge in [0.25, 0.3) is 0 Å². The number of carbonyl (C=O) groups excluding carboxylic acids is 1. The van der Waals surface area contributed by atoms with E-state index >= 15 is 0 Å². The predicted molar refractivity (Wildman–Crippen MR) is 105 cm³/mol. The van der Waals surface area contributed by atoms with Crippen LogP contribution in [0.3, 0.4) is 0 Å². The van der Waals surface area contributed by atoms with Crippen molar-refractivity contribution in [1.29, 1.82) is 0 Å². The maximum absolute atomic E-state index is 12.8. The number of ether oxygens (including phenoxy) is 1. The van der Waals surface area contributed by atoms with Crippen molar-refractivity contribution in [1.82, 2.24) is 14.9 Å². The molecule has 144 valence electrons. The summed E-state index contributed by atoms with van der Waals surface area (Å²) in [5.74, 6) is -1.79. The average Bonchev–Trinajstić information content (AvgIpc) is 3.29. The van der Waals surface area contributed by atoms with E-state index in [9.17, 15) is 14.7 Å². The van der Waals surface area contributed by atoms with Crippen molar-refractivity contribution in [2.24, 2.45) is 0 Å². The fourth-order valence-corrected chi connectivity index (χ4v) is 3.83. The van der Waals surface area contributed by atoms with Gasteiger partial charge >= 0.3 is 5.97 Å². The number of ketones is 1. The monoisotopic (exact) mass is 387 g/mol. The summed E-state index contributed by atoms with van der Waals surface area (Å²) in [6, 6.07) is 11.7. The number of nitrogens with zero attached hydrogens (tertiary/aromatic N) is 2. The Kier molecular flexibility index (Phi) is 3.94. The Hall–Kier alpha value is -3.87. The lowest BCUT2D eigenvalue weighted by atomic mass is 10.00. The second-order valence-electron chi connectivity index (χ2n) is 7.01. The molecule has 0 unspecified atom stereocenters. The summed E-state index contributed by atoms with van der Waals surface area (Å²) in [6.45, 7) is 1.08. The molecule has 5 rings (SSSR count). The number of benzene rings is 1. The number of fused-ring (bicyclic) bond motifs is 2. The first-order valence-corrected chi connectivity index (χ1v) is 9.27. The highest BCUT2D eigenvalue weighted by molar-refractivity contribution is 6.26. The number of pyridine rings is 1. The first-order valence-electron chi connectivity index (χ1n) is 9.27. The van der Waals surface area contributed by atoms with E-state index in [1.54, 1.807) is 24.5 Å². The Morgan fingerprint density at radius 2 is 2.03 bits per heavy atom. The summed E-state index contributed by atoms with van der Waals surface area (Å²) in [5, 5.41) is 10.5. The summed E-state index contributed by atoms with van der Waals surface area (Å²) in [6.07, 6.45) is 5.72. The second kappa shape index (κ2) is 6.63. The summed E-state index contributed by atoms with van der Waals surface area (Å²) in [7, 11) is 0. The molecule has 7 nitrogen and oxygen atoms in total. The van der Waals surface area contributed by atoms with Gasteiger partial charge in [0.2, 0.25) is 11.7 Å². The molecule has 0 amide bonds. The van der Waals surface area contributed by atoms with Crippen molar-refractivity contribution < 1.29 is 19.4 Å². The van der Waals surface area contributed by atoms with Crippen LogP contribution in [0.2, 0.25) is 0 Å². The first kappa shape index (κ1) is 17.2. The largest absolute Gasteiger partial charge is 0.477 e. The summed E-state index contributed by atoms with van der Waals surface area (Å²) in [5.41, 5.74) is 3.41. The van der Waals surface area contributed by atoms with Crippen LogP contribution in [0.4, 0.5) is 0 Å². The van der Waals surface area contributed by atoms with Crippen LogP contribution < -0.4 is 0 Å². The van der Waals surface area contributed by atoms with Gasteiger partial charge in [-0.05, 0) is 35.8 Å². The van der Waals surface area contributed by atoms with E-state index in [1.807, 2.05) is 29.2 Å². The van der Waals surface area contributed by atoms with Gasteiger partial charge in [-0.2, -0.15) is 0 Å². The fourth-order valence-electron chi connectivity index (χ4n) is 3.83. The third-order valence-electron chi connectivity index (χ3n) is 5.27. The van der Waals surface area contributed by atoms with E-state index in [0.717, 1.165) is 17.4 Å². The van der Waals surface area contributed by atoms with Crippen LogP contribution in [0, 0.1) is 0 Å². The Balaban J connectivity index is 1.51. The third kappa shape index (κ3) is 2.87. The zero-order valence-corrected chi connectivity index (χ0v) is 15.4. The molecule has 0 fully saturated rings. The highest BCUT2D eigenvalue weighted by Gasteiger charge is 2.39. The number of allylic oxidation sites excluding steroid dienone is 1. The number of H-pyrrole nitrogens is 1. The van der Waals surface area contributed by atoms with Crippen LogP contribution in [-0.4, -0.2) is 38.3 Å². The molecule has 29 heavy (non-hydrogen) atoms. The van der Waals surface area contributed by atoms with Gasteiger partial charge < -0.3 is 19.7 Å². The lowest BCUT2D eigenvalue weighted by Gasteiger charge is -2.30. The molecule has 1 aromatic carbocycles. The molecule has 0 bridgehead atoms. The number of aromatic nitrogens is 2. The number of hydrogen-bond acceptors (Lipinski definition) is 5. The van der Waals surface area contributed by atoms with Gasteiger partial charge in [0.1, 0.15) is 5.65 Å². The fraction of sp³-hybridized carbons (Fsp3) is 0.136. The van der Waals surface area contributed by atoms with E-state index in [2.05, 4.69) is 16.0 Å². The maximum Gasteiger partial charge on any atom is 0.345 e. The number of carboxylic acids is 1. The molecule has 3 aromatic rings. The molecule has 0 spiro atoms. The van der Waals surface area contributed by atoms with Crippen LogP contribution in [0.1, 0.15) is 16.7 Å². The van der Waals surface area contributed by atoms with E-state index in [4.69, 9.17) is 4.74 Å². The van der Waals surface area contributed by atoms with Crippen LogP contribution in [-0.2, 0) is 27.3 Å². The van der Waals surface area contributed by atoms with Crippen molar-refractivity contribution in [3.05, 3.63) is 82.7 Å². The van der Waals surface area contributed by atoms with Crippen LogP contribution in [0.5, 0.6) is 0 Å². The molecule has 2 aromatic heterocycles. The summed E-state index contributed by atoms with van der Waals surface area (Å²) < 4.78 is 5.83. The number of carbonyl (C=O) groups is 2. The van der Waals surface area contributed by atoms with E-state index in [-0.39, 0.29) is 17.2 Å². The maximum atomic E-state index is 12.8. The molecule has 0 atom stereocenters. The lowest BCUT2D eigenvalue weighted by Crippen LogP contribution is -2.31. The SMILES string of the molecule is O=C(O)C1=C(N2CCc3ccccc3C2)O/C(=C\c2c[nH]c3ncccc23)C1=O. The van der Waals surface area contributed by atoms with Gasteiger partial charge in [0.15, 0.2) is 11.3 Å². The number of nitrogens with one attached hydrogen (secondary N) is 1. The van der Waals surface area contributed by atoms with Crippen molar-refractivity contribution in [2.75, 3.05) is 6.54 Å². The van der Waals surface area contributed by atoms with E-state index in [0.29, 0.717) is 24.3 Å². The van der Waals surface area contributed by atoms with Gasteiger partial charge in [0.05, 0.1) is 0 Å². The van der Waals surface area contributed by atoms with Crippen molar-refractivity contribution in [2.45, 2.75) is 13.0 Å². The molecule has 2 N–H and O–H groups in total. The molecule has 0 saturated carbocycles. The van der Waals surface area contributed by atoms with Crippen LogP contribution in [0.15, 0.2) is 66.0 Å². The van der Waals surface area contributed by atoms with Gasteiger partial charge in [-0.25, -0.2) is 9.78 Å². The van der Waals surface area contributed by atoms with Crippen molar-refractivity contribution in [3.63, 3.8) is 0 Å². The zero-order chi connectivity index (χ0) is 20.0. The molecule has 0 saturated heterocycles. The first-order chi connectivity index (χ1) is 14.1. The molecular formula is C22H17N3O4. The smallest absolute Gasteiger partial charge is 0.345 e. The van der Waals surface area contributed by atoms with E-state index in [1.165, 1.54) is 5.56 Å². The number of carboxylic acid groups (broad SMARTS) is 1. The number of Topliss-reactive ketones (excluding diaryl/α,β-unsaturated/α-hetero) is 1. The summed E-state index contributed by atoms with van der Waals surface area (Å²) in [4.78, 5) is 33.7. The van der Waals surface area contributed by atoms with E-state index < -0.39 is 11.8 Å². The minimum atomic E-state index is -1.28. The predicted octanol–water partition coefficient (Wildman–Crippen LogP) is 2.86. The standard InChI is InChI=1S/C22H17N3O4/c26-19-17(10-15-11-24-20-16(15)6-3-8-23-20)29-21(18(19)22(27)28)25-9-7-13-4-1-2-5-14(13)12-25/h1-6,8,10-11H,7,9,12H2,(H,23,24)(H,27,28)/b17-10-. The Morgan fingerprint density at radius 1 is 1.21 bits per heavy atom. The Labute approximate surface area is 165 Å². The zero-order valence-electron chi connectivity index (χ0n) is 15.4. The minimum Gasteiger partial charge on any atom is -0.477 e. The number of hydrogen-bond donors (Lipinski definition) is 2. The second-order valence-corrected chi connectivity index (χ2v) is 7.01. The van der Waals surface area contributed by atoms with Gasteiger partial charge in [0, 0.05) is 36.4 Å². The third-order valence-corrected chi connectivity index (χ3v) is 5.27. The normalized spacial score (nSPS) is 17.7. The molecule has 0 radical (unpaired) electrons. The van der Waals surface area contributed by atoms with Gasteiger partial charge in [-0.3, -0.25) is 4.79 Å². The number of aromatic amines is 1. The van der Waals surface area contributed by atoms with Gasteiger partial charge in [-0.15, -0.1) is 0 Å².